The van der Waals surface area contributed by atoms with Gasteiger partial charge in [0.1, 0.15) is 11.3 Å². The number of nitrogens with zero attached hydrogens (tertiary/aromatic N) is 3. The molecule has 5 aromatic rings. The van der Waals surface area contributed by atoms with Gasteiger partial charge in [0, 0.05) is 29.3 Å². The number of thiophene rings is 1. The molecule has 0 atom stereocenters. The van der Waals surface area contributed by atoms with Crippen LogP contribution in [0.25, 0.3) is 34.0 Å². The predicted octanol–water partition coefficient (Wildman–Crippen LogP) is 6.02. The molecule has 0 radical (unpaired) electrons. The van der Waals surface area contributed by atoms with Crippen molar-refractivity contribution in [3.05, 3.63) is 88.9 Å². The Morgan fingerprint density at radius 3 is 2.85 bits per heavy atom. The third-order valence-electron chi connectivity index (χ3n) is 5.10. The molecule has 0 amide bonds. The highest BCUT2D eigenvalue weighted by Gasteiger charge is 2.17. The zero-order valence-electron chi connectivity index (χ0n) is 15.1. The van der Waals surface area contributed by atoms with Crippen molar-refractivity contribution in [1.82, 2.24) is 14.0 Å². The summed E-state index contributed by atoms with van der Waals surface area (Å²) in [6, 6.07) is 17.1. The Kier molecular flexibility index (Phi) is 3.73. The molecule has 3 nitrogen and oxygen atoms in total. The van der Waals surface area contributed by atoms with E-state index in [2.05, 4.69) is 88.0 Å². The molecule has 0 saturated carbocycles. The van der Waals surface area contributed by atoms with Crippen LogP contribution >= 0.6 is 11.3 Å². The van der Waals surface area contributed by atoms with Gasteiger partial charge in [0.25, 0.3) is 0 Å². The third kappa shape index (κ3) is 2.61. The molecular formula is C23H19N3S. The van der Waals surface area contributed by atoms with Gasteiger partial charge >= 0.3 is 0 Å². The smallest absolute Gasteiger partial charge is 0.138 e. The monoisotopic (exact) mass is 369 g/mol. The minimum atomic E-state index is 0.845. The minimum Gasteiger partial charge on any atom is -0.335 e. The molecule has 0 fully saturated rings. The van der Waals surface area contributed by atoms with Crippen LogP contribution in [0.1, 0.15) is 16.8 Å². The molecule has 0 spiro atoms. The van der Waals surface area contributed by atoms with Gasteiger partial charge in [-0.3, -0.25) is 0 Å². The van der Waals surface area contributed by atoms with Gasteiger partial charge in [-0.25, -0.2) is 4.98 Å². The molecule has 0 bridgehead atoms. The fraction of sp³-hybridized carbons (Fsp3) is 0.0870. The van der Waals surface area contributed by atoms with Crippen LogP contribution in [0, 0.1) is 6.92 Å². The van der Waals surface area contributed by atoms with Crippen molar-refractivity contribution in [1.29, 1.82) is 0 Å². The van der Waals surface area contributed by atoms with E-state index in [0.717, 1.165) is 34.8 Å². The van der Waals surface area contributed by atoms with E-state index in [4.69, 9.17) is 4.98 Å². The number of aryl methyl sites for hydroxylation is 1. The number of para-hydroxylation sites is 1. The Morgan fingerprint density at radius 1 is 1.15 bits per heavy atom. The van der Waals surface area contributed by atoms with E-state index in [1.165, 1.54) is 16.5 Å². The summed E-state index contributed by atoms with van der Waals surface area (Å²) in [5.74, 6) is 0. The molecule has 0 unspecified atom stereocenters. The van der Waals surface area contributed by atoms with Crippen molar-refractivity contribution in [3.8, 4) is 11.4 Å². The molecule has 0 N–H and O–H groups in total. The number of imidazole rings is 1. The van der Waals surface area contributed by atoms with Crippen LogP contribution in [0.4, 0.5) is 0 Å². The van der Waals surface area contributed by atoms with Crippen LogP contribution in [-0.4, -0.2) is 14.0 Å². The Hall–Kier alpha value is -3.11. The number of pyridine rings is 1. The Balaban J connectivity index is 1.76. The van der Waals surface area contributed by atoms with Crippen LogP contribution in [0.15, 0.2) is 72.1 Å². The molecule has 27 heavy (non-hydrogen) atoms. The molecule has 0 aliphatic rings. The minimum absolute atomic E-state index is 0.845. The number of hydrogen-bond acceptors (Lipinski definition) is 2. The number of hydrogen-bond donors (Lipinski definition) is 0. The Bertz CT molecular complexity index is 1270. The second kappa shape index (κ2) is 6.25. The maximum Gasteiger partial charge on any atom is 0.138 e. The van der Waals surface area contributed by atoms with Gasteiger partial charge in [-0.1, -0.05) is 30.9 Å². The molecule has 0 aliphatic carbocycles. The summed E-state index contributed by atoms with van der Waals surface area (Å²) >= 11 is 1.74. The van der Waals surface area contributed by atoms with Gasteiger partial charge in [-0.05, 0) is 59.1 Å². The second-order valence-electron chi connectivity index (χ2n) is 6.74. The quantitative estimate of drug-likeness (QED) is 0.380. The van der Waals surface area contributed by atoms with Crippen molar-refractivity contribution in [2.24, 2.45) is 0 Å². The average molecular weight is 369 g/mol. The highest BCUT2D eigenvalue weighted by molar-refractivity contribution is 7.07. The first-order valence-corrected chi connectivity index (χ1v) is 9.90. The lowest BCUT2D eigenvalue weighted by Gasteiger charge is -2.09. The predicted molar refractivity (Wildman–Crippen MR) is 114 cm³/mol. The number of rotatable bonds is 4. The van der Waals surface area contributed by atoms with Crippen molar-refractivity contribution in [3.63, 3.8) is 0 Å². The zero-order chi connectivity index (χ0) is 18.4. The van der Waals surface area contributed by atoms with Gasteiger partial charge in [0.05, 0.1) is 5.69 Å². The first-order valence-electron chi connectivity index (χ1n) is 8.95. The van der Waals surface area contributed by atoms with Crippen molar-refractivity contribution in [2.75, 3.05) is 0 Å². The van der Waals surface area contributed by atoms with Crippen LogP contribution in [-0.2, 0) is 6.54 Å². The van der Waals surface area contributed by atoms with Crippen LogP contribution in [0.5, 0.6) is 0 Å². The lowest BCUT2D eigenvalue weighted by atomic mass is 10.2. The summed E-state index contributed by atoms with van der Waals surface area (Å²) in [5.41, 5.74) is 7.92. The standard InChI is InChI=1S/C23H19N3S/c1-3-17-8-10-25-16(2)23(24-22(25)12-17)21-13-19-6-4-5-7-20(19)26(21)14-18-9-11-27-15-18/h3-13,15H,1,14H2,2H3. The summed E-state index contributed by atoms with van der Waals surface area (Å²) < 4.78 is 4.52. The van der Waals surface area contributed by atoms with E-state index in [-0.39, 0.29) is 0 Å². The van der Waals surface area contributed by atoms with E-state index in [0.29, 0.717) is 0 Å². The normalized spacial score (nSPS) is 11.4. The molecule has 0 saturated heterocycles. The number of benzene rings is 1. The highest BCUT2D eigenvalue weighted by atomic mass is 32.1. The van der Waals surface area contributed by atoms with Crippen molar-refractivity contribution >= 4 is 34.0 Å². The summed E-state index contributed by atoms with van der Waals surface area (Å²) in [4.78, 5) is 4.97. The fourth-order valence-corrected chi connectivity index (χ4v) is 4.35. The van der Waals surface area contributed by atoms with Gasteiger partial charge in [0.2, 0.25) is 0 Å². The Labute approximate surface area is 161 Å². The van der Waals surface area contributed by atoms with E-state index < -0.39 is 0 Å². The average Bonchev–Trinajstić information content (AvgIpc) is 3.41. The first kappa shape index (κ1) is 16.1. The number of aromatic nitrogens is 3. The van der Waals surface area contributed by atoms with Gasteiger partial charge < -0.3 is 8.97 Å². The van der Waals surface area contributed by atoms with E-state index in [1.807, 2.05) is 6.08 Å². The van der Waals surface area contributed by atoms with Crippen LogP contribution in [0.3, 0.4) is 0 Å². The van der Waals surface area contributed by atoms with Crippen molar-refractivity contribution < 1.29 is 0 Å². The lowest BCUT2D eigenvalue weighted by molar-refractivity contribution is 0.845. The zero-order valence-corrected chi connectivity index (χ0v) is 15.9. The molecule has 0 aliphatic heterocycles. The molecule has 4 aromatic heterocycles. The lowest BCUT2D eigenvalue weighted by Crippen LogP contribution is -2.01. The number of fused-ring (bicyclic) bond motifs is 2. The molecule has 132 valence electrons. The molecular weight excluding hydrogens is 350 g/mol. The largest absolute Gasteiger partial charge is 0.335 e. The van der Waals surface area contributed by atoms with Crippen LogP contribution in [0.2, 0.25) is 0 Å². The molecule has 4 heterocycles. The fourth-order valence-electron chi connectivity index (χ4n) is 3.69. The summed E-state index contributed by atoms with van der Waals surface area (Å²) in [6.45, 7) is 6.85. The molecule has 4 heteroatoms. The summed E-state index contributed by atoms with van der Waals surface area (Å²) in [5, 5.41) is 5.59. The second-order valence-corrected chi connectivity index (χ2v) is 7.52. The first-order chi connectivity index (χ1) is 13.2. The Morgan fingerprint density at radius 2 is 2.04 bits per heavy atom. The summed E-state index contributed by atoms with van der Waals surface area (Å²) in [6.07, 6.45) is 3.93. The maximum absolute atomic E-state index is 4.97. The van der Waals surface area contributed by atoms with Gasteiger partial charge in [-0.2, -0.15) is 11.3 Å². The van der Waals surface area contributed by atoms with Gasteiger partial charge in [0.15, 0.2) is 0 Å². The molecule has 5 rings (SSSR count). The SMILES string of the molecule is C=Cc1ccn2c(C)c(-c3cc4ccccc4n3Cc3ccsc3)nc2c1. The topological polar surface area (TPSA) is 22.2 Å². The van der Waals surface area contributed by atoms with Gasteiger partial charge in [-0.15, -0.1) is 0 Å². The highest BCUT2D eigenvalue weighted by Crippen LogP contribution is 2.31. The van der Waals surface area contributed by atoms with E-state index in [1.54, 1.807) is 11.3 Å². The van der Waals surface area contributed by atoms with Crippen molar-refractivity contribution in [2.45, 2.75) is 13.5 Å². The van der Waals surface area contributed by atoms with E-state index in [9.17, 15) is 0 Å². The van der Waals surface area contributed by atoms with Crippen LogP contribution < -0.4 is 0 Å². The summed E-state index contributed by atoms with van der Waals surface area (Å²) in [7, 11) is 0. The van der Waals surface area contributed by atoms with E-state index >= 15 is 0 Å². The molecule has 1 aromatic carbocycles. The maximum atomic E-state index is 4.97. The third-order valence-corrected chi connectivity index (χ3v) is 5.83.